The van der Waals surface area contributed by atoms with Crippen molar-refractivity contribution in [2.24, 2.45) is 24.3 Å². The van der Waals surface area contributed by atoms with Crippen molar-refractivity contribution in [3.63, 3.8) is 0 Å². The number of aromatic nitrogens is 6. The molecule has 0 aromatic carbocycles. The number of hydrogen-bond donors (Lipinski definition) is 1. The summed E-state index contributed by atoms with van der Waals surface area (Å²) in [6, 6.07) is 1.64. The molecule has 1 aliphatic rings. The number of Topliss-reactive ketones (excluding diaryl/α,β-unsaturated/α-hetero) is 1. The molecule has 0 aliphatic carbocycles. The van der Waals surface area contributed by atoms with Crippen LogP contribution in [0.4, 0.5) is 0 Å². The fourth-order valence-corrected chi connectivity index (χ4v) is 5.39. The number of β-lactam (4-membered cyclic amide) rings is 1. The van der Waals surface area contributed by atoms with E-state index in [2.05, 4.69) is 59.8 Å². The van der Waals surface area contributed by atoms with Crippen LogP contribution >= 0.6 is 11.8 Å². The molecule has 0 spiro atoms. The zero-order valence-electron chi connectivity index (χ0n) is 20.5. The van der Waals surface area contributed by atoms with Crippen LogP contribution in [0.25, 0.3) is 0 Å². The summed E-state index contributed by atoms with van der Waals surface area (Å²) in [5, 5.41) is 19.6. The molecule has 1 N–H and O–H groups in total. The second-order valence-corrected chi connectivity index (χ2v) is 13.4. The van der Waals surface area contributed by atoms with Crippen molar-refractivity contribution in [1.29, 1.82) is 0 Å². The Labute approximate surface area is 200 Å². The van der Waals surface area contributed by atoms with Gasteiger partial charge < -0.3 is 9.74 Å². The molecule has 0 radical (unpaired) electrons. The van der Waals surface area contributed by atoms with Crippen LogP contribution in [0.1, 0.15) is 43.4 Å². The van der Waals surface area contributed by atoms with E-state index < -0.39 is 9.04 Å². The average molecular weight is 494 g/mol. The maximum absolute atomic E-state index is 13.0. The monoisotopic (exact) mass is 493 g/mol. The van der Waals surface area contributed by atoms with Crippen LogP contribution in [0, 0.1) is 24.2 Å². The van der Waals surface area contributed by atoms with E-state index in [-0.39, 0.29) is 41.4 Å². The van der Waals surface area contributed by atoms with E-state index in [1.54, 1.807) is 11.7 Å². The molecule has 1 fully saturated rings. The summed E-state index contributed by atoms with van der Waals surface area (Å²) in [4.78, 5) is 25.5. The summed E-state index contributed by atoms with van der Waals surface area (Å²) >= 11 is 1.54. The Morgan fingerprint density at radius 1 is 1.36 bits per heavy atom. The third-order valence-electron chi connectivity index (χ3n) is 6.01. The highest BCUT2D eigenvalue weighted by Gasteiger charge is 2.49. The molecule has 3 heterocycles. The number of aryl methyl sites for hydroxylation is 3. The quantitative estimate of drug-likeness (QED) is 0.218. The SMILES string of the molecule is Cc1cc(C(=O)CC2NC(=O)C2[C@@H](CO[SiH](C)C)C(C)(C)C)nn1CCSc1nnnn1C. The lowest BCUT2D eigenvalue weighted by Crippen LogP contribution is -2.63. The standard InChI is InChI=1S/C21H35N7O3SSi/c1-13-10-15(24-28(13)8-9-32-20-23-25-26-27(20)5)17(29)11-16-18(19(30)22-16)14(21(2,3)4)12-31-33(6)7/h10,14,16,18,33H,8-9,11-12H2,1-7H3,(H,22,30)/t14-,16?,18?/m1/s1. The number of hydrogen-bond acceptors (Lipinski definition) is 8. The van der Waals surface area contributed by atoms with Crippen molar-refractivity contribution in [2.75, 3.05) is 12.4 Å². The van der Waals surface area contributed by atoms with Crippen LogP contribution in [-0.2, 0) is 22.8 Å². The molecule has 1 saturated heterocycles. The lowest BCUT2D eigenvalue weighted by atomic mass is 9.66. The van der Waals surface area contributed by atoms with Crippen LogP contribution in [0.5, 0.6) is 0 Å². The second kappa shape index (κ2) is 10.5. The largest absolute Gasteiger partial charge is 0.420 e. The van der Waals surface area contributed by atoms with Gasteiger partial charge in [-0.05, 0) is 47.8 Å². The van der Waals surface area contributed by atoms with Gasteiger partial charge in [-0.1, -0.05) is 32.5 Å². The number of carbonyl (C=O) groups is 2. The highest BCUT2D eigenvalue weighted by molar-refractivity contribution is 7.99. The molecular weight excluding hydrogens is 458 g/mol. The Morgan fingerprint density at radius 2 is 2.09 bits per heavy atom. The van der Waals surface area contributed by atoms with Gasteiger partial charge in [0.05, 0.1) is 12.5 Å². The molecule has 3 atom stereocenters. The molecule has 2 unspecified atom stereocenters. The Hall–Kier alpha value is -2.05. The summed E-state index contributed by atoms with van der Waals surface area (Å²) < 4.78 is 9.46. The fourth-order valence-electron chi connectivity index (χ4n) is 4.03. The molecular formula is C21H35N7O3SSi. The van der Waals surface area contributed by atoms with Crippen LogP contribution < -0.4 is 5.32 Å². The lowest BCUT2D eigenvalue weighted by Gasteiger charge is -2.46. The molecule has 33 heavy (non-hydrogen) atoms. The van der Waals surface area contributed by atoms with Crippen molar-refractivity contribution >= 4 is 32.5 Å². The first kappa shape index (κ1) is 25.6. The van der Waals surface area contributed by atoms with Gasteiger partial charge in [0.1, 0.15) is 5.69 Å². The summed E-state index contributed by atoms with van der Waals surface area (Å²) in [7, 11) is 0.595. The van der Waals surface area contributed by atoms with Gasteiger partial charge in [0.2, 0.25) is 11.1 Å². The van der Waals surface area contributed by atoms with Gasteiger partial charge in [-0.25, -0.2) is 4.68 Å². The van der Waals surface area contributed by atoms with Gasteiger partial charge in [-0.15, -0.1) is 5.10 Å². The summed E-state index contributed by atoms with van der Waals surface area (Å²) in [6.45, 7) is 13.8. The number of nitrogens with one attached hydrogen (secondary N) is 1. The zero-order valence-corrected chi connectivity index (χ0v) is 22.5. The minimum atomic E-state index is -1.20. The normalized spacial score (nSPS) is 19.5. The number of amides is 1. The number of thioether (sulfide) groups is 1. The van der Waals surface area contributed by atoms with E-state index in [9.17, 15) is 9.59 Å². The first-order chi connectivity index (χ1) is 15.5. The molecule has 1 aliphatic heterocycles. The van der Waals surface area contributed by atoms with Gasteiger partial charge in [0.15, 0.2) is 14.8 Å². The molecule has 2 aromatic heterocycles. The average Bonchev–Trinajstić information content (AvgIpc) is 3.29. The molecule has 2 aromatic rings. The highest BCUT2D eigenvalue weighted by atomic mass is 32.2. The smallest absolute Gasteiger partial charge is 0.225 e. The van der Waals surface area contributed by atoms with E-state index in [0.717, 1.165) is 16.6 Å². The Balaban J connectivity index is 1.61. The second-order valence-electron chi connectivity index (χ2n) is 9.95. The van der Waals surface area contributed by atoms with Gasteiger partial charge >= 0.3 is 0 Å². The van der Waals surface area contributed by atoms with E-state index in [1.165, 1.54) is 11.8 Å². The molecule has 0 bridgehead atoms. The predicted octanol–water partition coefficient (Wildman–Crippen LogP) is 1.86. The van der Waals surface area contributed by atoms with Gasteiger partial charge in [0.25, 0.3) is 0 Å². The molecule has 0 saturated carbocycles. The third kappa shape index (κ3) is 6.30. The lowest BCUT2D eigenvalue weighted by molar-refractivity contribution is -0.141. The van der Waals surface area contributed by atoms with Crippen molar-refractivity contribution in [3.05, 3.63) is 17.5 Å². The van der Waals surface area contributed by atoms with Gasteiger partial charge in [-0.2, -0.15) is 5.10 Å². The van der Waals surface area contributed by atoms with Crippen LogP contribution in [0.3, 0.4) is 0 Å². The van der Waals surface area contributed by atoms with Crippen molar-refractivity contribution in [1.82, 2.24) is 35.3 Å². The molecule has 3 rings (SSSR count). The Bertz CT molecular complexity index is 985. The first-order valence-electron chi connectivity index (χ1n) is 11.3. The minimum absolute atomic E-state index is 0.0127. The first-order valence-corrected chi connectivity index (χ1v) is 15.1. The summed E-state index contributed by atoms with van der Waals surface area (Å²) in [5.74, 6) is 0.534. The van der Waals surface area contributed by atoms with Gasteiger partial charge in [0, 0.05) is 37.6 Å². The Morgan fingerprint density at radius 3 is 2.67 bits per heavy atom. The van der Waals surface area contributed by atoms with E-state index >= 15 is 0 Å². The van der Waals surface area contributed by atoms with Crippen LogP contribution in [0.15, 0.2) is 11.2 Å². The van der Waals surface area contributed by atoms with Crippen LogP contribution in [-0.4, -0.2) is 69.1 Å². The summed E-state index contributed by atoms with van der Waals surface area (Å²) in [5.41, 5.74) is 1.27. The number of nitrogens with zero attached hydrogens (tertiary/aromatic N) is 6. The number of carbonyl (C=O) groups excluding carboxylic acids is 2. The Kier molecular flexibility index (Phi) is 8.11. The van der Waals surface area contributed by atoms with E-state index in [1.807, 2.05) is 17.7 Å². The highest BCUT2D eigenvalue weighted by Crippen LogP contribution is 2.39. The number of rotatable bonds is 11. The van der Waals surface area contributed by atoms with Gasteiger partial charge in [-0.3, -0.25) is 14.3 Å². The zero-order chi connectivity index (χ0) is 24.3. The predicted molar refractivity (Wildman–Crippen MR) is 129 cm³/mol. The minimum Gasteiger partial charge on any atom is -0.420 e. The van der Waals surface area contributed by atoms with Crippen molar-refractivity contribution in [3.8, 4) is 0 Å². The molecule has 12 heteroatoms. The van der Waals surface area contributed by atoms with E-state index in [4.69, 9.17) is 4.43 Å². The van der Waals surface area contributed by atoms with E-state index in [0.29, 0.717) is 18.8 Å². The topological polar surface area (TPSA) is 117 Å². The molecule has 182 valence electrons. The summed E-state index contributed by atoms with van der Waals surface area (Å²) in [6.07, 6.45) is 0.248. The van der Waals surface area contributed by atoms with Crippen LogP contribution in [0.2, 0.25) is 13.1 Å². The van der Waals surface area contributed by atoms with Crippen molar-refractivity contribution in [2.45, 2.75) is 65.0 Å². The number of ketones is 1. The maximum atomic E-state index is 13.0. The third-order valence-corrected chi connectivity index (χ3v) is 7.86. The van der Waals surface area contributed by atoms with Crippen molar-refractivity contribution < 1.29 is 14.0 Å². The maximum Gasteiger partial charge on any atom is 0.225 e. The molecule has 1 amide bonds. The fraction of sp³-hybridized carbons (Fsp3) is 0.714. The number of tetrazole rings is 1. The molecule has 10 nitrogen and oxygen atoms in total.